The van der Waals surface area contributed by atoms with Gasteiger partial charge in [0.05, 0.1) is 11.1 Å². The molecule has 0 aliphatic heterocycles. The maximum Gasteiger partial charge on any atom is 0.0819 e. The normalized spacial score (nSPS) is 13.0. The molecule has 12 heavy (non-hydrogen) atoms. The maximum atomic E-state index is 5.93. The molecule has 0 radical (unpaired) electrons. The Hall–Kier alpha value is -0.120. The molecule has 0 saturated carbocycles. The van der Waals surface area contributed by atoms with Gasteiger partial charge in [-0.2, -0.15) is 0 Å². The van der Waals surface area contributed by atoms with Crippen LogP contribution in [0.1, 0.15) is 18.6 Å². The fourth-order valence-electron chi connectivity index (χ4n) is 0.928. The van der Waals surface area contributed by atoms with E-state index in [2.05, 4.69) is 20.9 Å². The van der Waals surface area contributed by atoms with Crippen molar-refractivity contribution in [2.45, 2.75) is 13.0 Å². The Balaban J connectivity index is 3.12. The minimum atomic E-state index is -0.0186. The zero-order valence-corrected chi connectivity index (χ0v) is 9.19. The lowest BCUT2D eigenvalue weighted by Crippen LogP contribution is -1.98. The van der Waals surface area contributed by atoms with Crippen LogP contribution in [-0.4, -0.2) is 12.1 Å². The smallest absolute Gasteiger partial charge is 0.0819 e. The lowest BCUT2D eigenvalue weighted by atomic mass is 10.2. The van der Waals surface area contributed by atoms with E-state index in [1.165, 1.54) is 0 Å². The minimum absolute atomic E-state index is 0.0186. The van der Waals surface area contributed by atoms with E-state index in [1.807, 2.05) is 6.92 Å². The van der Waals surface area contributed by atoms with Gasteiger partial charge in [0.1, 0.15) is 0 Å². The molecule has 0 aliphatic rings. The Morgan fingerprint density at radius 2 is 2.25 bits per heavy atom. The van der Waals surface area contributed by atoms with Crippen molar-refractivity contribution >= 4 is 27.5 Å². The van der Waals surface area contributed by atoms with Crippen LogP contribution in [0.5, 0.6) is 0 Å². The summed E-state index contributed by atoms with van der Waals surface area (Å²) in [6.07, 6.45) is 3.29. The fraction of sp³-hybridized carbons (Fsp3) is 0.375. The van der Waals surface area contributed by atoms with Gasteiger partial charge >= 0.3 is 0 Å². The number of hydrogen-bond acceptors (Lipinski definition) is 2. The van der Waals surface area contributed by atoms with Crippen LogP contribution >= 0.6 is 27.5 Å². The lowest BCUT2D eigenvalue weighted by molar-refractivity contribution is 0.119. The molecule has 1 aromatic heterocycles. The Morgan fingerprint density at radius 1 is 1.58 bits per heavy atom. The monoisotopic (exact) mass is 249 g/mol. The maximum absolute atomic E-state index is 5.93. The Morgan fingerprint density at radius 3 is 2.75 bits per heavy atom. The van der Waals surface area contributed by atoms with Crippen LogP contribution < -0.4 is 0 Å². The molecule has 0 aromatic carbocycles. The average molecular weight is 251 g/mol. The number of nitrogens with zero attached hydrogens (tertiary/aromatic N) is 1. The molecule has 1 atom stereocenters. The molecule has 2 nitrogen and oxygen atoms in total. The molecule has 1 heterocycles. The third-order valence-electron chi connectivity index (χ3n) is 1.65. The largest absolute Gasteiger partial charge is 0.377 e. The van der Waals surface area contributed by atoms with E-state index < -0.39 is 0 Å². The second-order valence-corrected chi connectivity index (χ2v) is 3.66. The summed E-state index contributed by atoms with van der Waals surface area (Å²) in [5.74, 6) is 0. The highest BCUT2D eigenvalue weighted by atomic mass is 79.9. The van der Waals surface area contributed by atoms with Crippen molar-refractivity contribution in [3.05, 3.63) is 27.5 Å². The molecule has 4 heteroatoms. The summed E-state index contributed by atoms with van der Waals surface area (Å²) in [4.78, 5) is 3.93. The van der Waals surface area contributed by atoms with Gasteiger partial charge in [0.25, 0.3) is 0 Å². The van der Waals surface area contributed by atoms with Crippen molar-refractivity contribution in [2.24, 2.45) is 0 Å². The second kappa shape index (κ2) is 4.21. The molecular weight excluding hydrogens is 241 g/mol. The van der Waals surface area contributed by atoms with Crippen LogP contribution in [0.3, 0.4) is 0 Å². The van der Waals surface area contributed by atoms with Crippen LogP contribution in [0.2, 0.25) is 5.02 Å². The standard InChI is InChI=1S/C8H9BrClNO/c1-5(12-2)8-6(9)3-11-4-7(8)10/h3-5H,1-2H3. The predicted octanol–water partition coefficient (Wildman–Crippen LogP) is 3.20. The summed E-state index contributed by atoms with van der Waals surface area (Å²) in [6.45, 7) is 1.94. The first-order valence-electron chi connectivity index (χ1n) is 3.48. The molecule has 66 valence electrons. The van der Waals surface area contributed by atoms with E-state index in [4.69, 9.17) is 16.3 Å². The second-order valence-electron chi connectivity index (χ2n) is 2.39. The molecule has 0 aliphatic carbocycles. The first-order chi connectivity index (χ1) is 5.66. The van der Waals surface area contributed by atoms with Crippen LogP contribution in [0, 0.1) is 0 Å². The van der Waals surface area contributed by atoms with Gasteiger partial charge in [0.15, 0.2) is 0 Å². The van der Waals surface area contributed by atoms with Crippen molar-refractivity contribution in [1.82, 2.24) is 4.98 Å². The van der Waals surface area contributed by atoms with Crippen molar-refractivity contribution in [3.8, 4) is 0 Å². The first-order valence-corrected chi connectivity index (χ1v) is 4.65. The fourth-order valence-corrected chi connectivity index (χ4v) is 2.01. The molecule has 0 N–H and O–H groups in total. The van der Waals surface area contributed by atoms with Gasteiger partial charge < -0.3 is 4.74 Å². The van der Waals surface area contributed by atoms with Gasteiger partial charge in [-0.25, -0.2) is 0 Å². The lowest BCUT2D eigenvalue weighted by Gasteiger charge is -2.12. The highest BCUT2D eigenvalue weighted by Crippen LogP contribution is 2.30. The van der Waals surface area contributed by atoms with Gasteiger partial charge in [-0.1, -0.05) is 11.6 Å². The SMILES string of the molecule is COC(C)c1c(Cl)cncc1Br. The first kappa shape index (κ1) is 9.96. The zero-order chi connectivity index (χ0) is 9.14. The number of hydrogen-bond donors (Lipinski definition) is 0. The molecule has 0 amide bonds. The van der Waals surface area contributed by atoms with Crippen molar-refractivity contribution in [1.29, 1.82) is 0 Å². The zero-order valence-electron chi connectivity index (χ0n) is 6.84. The van der Waals surface area contributed by atoms with E-state index in [-0.39, 0.29) is 6.10 Å². The Labute approximate surface area is 85.0 Å². The summed E-state index contributed by atoms with van der Waals surface area (Å²) in [7, 11) is 1.65. The molecule has 0 spiro atoms. The molecule has 1 unspecified atom stereocenters. The van der Waals surface area contributed by atoms with Crippen molar-refractivity contribution < 1.29 is 4.74 Å². The average Bonchev–Trinajstić information content (AvgIpc) is 2.03. The minimum Gasteiger partial charge on any atom is -0.377 e. The summed E-state index contributed by atoms with van der Waals surface area (Å²) >= 11 is 9.29. The number of aromatic nitrogens is 1. The summed E-state index contributed by atoms with van der Waals surface area (Å²) in [6, 6.07) is 0. The van der Waals surface area contributed by atoms with Crippen LogP contribution in [0.15, 0.2) is 16.9 Å². The van der Waals surface area contributed by atoms with E-state index in [1.54, 1.807) is 19.5 Å². The molecule has 0 saturated heterocycles. The van der Waals surface area contributed by atoms with Gasteiger partial charge in [0, 0.05) is 29.5 Å². The number of pyridine rings is 1. The highest BCUT2D eigenvalue weighted by molar-refractivity contribution is 9.10. The number of rotatable bonds is 2. The number of ether oxygens (including phenoxy) is 1. The van der Waals surface area contributed by atoms with Gasteiger partial charge in [-0.05, 0) is 22.9 Å². The summed E-state index contributed by atoms with van der Waals surface area (Å²) < 4.78 is 6.03. The van der Waals surface area contributed by atoms with Crippen LogP contribution in [-0.2, 0) is 4.74 Å². The molecule has 1 aromatic rings. The molecule has 0 bridgehead atoms. The van der Waals surface area contributed by atoms with Gasteiger partial charge in [-0.3, -0.25) is 4.98 Å². The third-order valence-corrected chi connectivity index (χ3v) is 2.58. The molecular formula is C8H9BrClNO. The van der Waals surface area contributed by atoms with Crippen LogP contribution in [0.25, 0.3) is 0 Å². The van der Waals surface area contributed by atoms with E-state index in [0.29, 0.717) is 5.02 Å². The van der Waals surface area contributed by atoms with Gasteiger partial charge in [0.2, 0.25) is 0 Å². The third kappa shape index (κ3) is 1.97. The van der Waals surface area contributed by atoms with Crippen LogP contribution in [0.4, 0.5) is 0 Å². The van der Waals surface area contributed by atoms with E-state index >= 15 is 0 Å². The highest BCUT2D eigenvalue weighted by Gasteiger charge is 2.12. The summed E-state index contributed by atoms with van der Waals surface area (Å²) in [5, 5.41) is 0.624. The summed E-state index contributed by atoms with van der Waals surface area (Å²) in [5.41, 5.74) is 0.939. The molecule has 1 rings (SSSR count). The van der Waals surface area contributed by atoms with Crippen molar-refractivity contribution in [2.75, 3.05) is 7.11 Å². The van der Waals surface area contributed by atoms with E-state index in [0.717, 1.165) is 10.0 Å². The quantitative estimate of drug-likeness (QED) is 0.804. The van der Waals surface area contributed by atoms with Gasteiger partial charge in [-0.15, -0.1) is 0 Å². The number of halogens is 2. The Bertz CT molecular complexity index is 260. The Kier molecular flexibility index (Phi) is 3.50. The molecule has 0 fully saturated rings. The predicted molar refractivity (Wildman–Crippen MR) is 52.4 cm³/mol. The van der Waals surface area contributed by atoms with E-state index in [9.17, 15) is 0 Å². The number of methoxy groups -OCH3 is 1. The van der Waals surface area contributed by atoms with Crippen molar-refractivity contribution in [3.63, 3.8) is 0 Å². The topological polar surface area (TPSA) is 22.1 Å².